The van der Waals surface area contributed by atoms with Crippen LogP contribution in [0.2, 0.25) is 0 Å². The molecule has 1 heterocycles. The molecule has 1 rings (SSSR count). The van der Waals surface area contributed by atoms with Crippen LogP contribution in [0.1, 0.15) is 36.6 Å². The lowest BCUT2D eigenvalue weighted by atomic mass is 10.0. The Hall–Kier alpha value is -0.410. The first kappa shape index (κ1) is 11.7. The van der Waals surface area contributed by atoms with E-state index in [4.69, 9.17) is 0 Å². The molecule has 0 amide bonds. The van der Waals surface area contributed by atoms with Gasteiger partial charge in [0.2, 0.25) is 0 Å². The van der Waals surface area contributed by atoms with E-state index in [9.17, 15) is 0 Å². The number of hydrogen-bond donors (Lipinski definition) is 1. The minimum Gasteiger partial charge on any atom is -0.310 e. The molecule has 0 saturated carbocycles. The van der Waals surface area contributed by atoms with E-state index in [2.05, 4.69) is 31.1 Å². The maximum Gasteiger partial charge on any atom is 0.107 e. The Balaban J connectivity index is 2.21. The molecule has 14 heavy (non-hydrogen) atoms. The molecule has 0 aromatic carbocycles. The smallest absolute Gasteiger partial charge is 0.107 e. The van der Waals surface area contributed by atoms with Crippen molar-refractivity contribution in [3.05, 3.63) is 16.1 Å². The molecule has 0 atom stereocenters. The van der Waals surface area contributed by atoms with E-state index >= 15 is 0 Å². The molecule has 0 radical (unpaired) electrons. The monoisotopic (exact) mass is 212 g/mol. The van der Waals surface area contributed by atoms with Gasteiger partial charge in [-0.3, -0.25) is 0 Å². The molecule has 1 N–H and O–H groups in total. The van der Waals surface area contributed by atoms with Gasteiger partial charge in [-0.2, -0.15) is 0 Å². The predicted octanol–water partition coefficient (Wildman–Crippen LogP) is 2.98. The van der Waals surface area contributed by atoms with Gasteiger partial charge in [0.1, 0.15) is 5.01 Å². The standard InChI is InChI=1S/C11H20N2S/c1-4-10(5-2)7-12-8-11-13-6-9(3)14-11/h6,10,12H,4-5,7-8H2,1-3H3. The topological polar surface area (TPSA) is 24.9 Å². The van der Waals surface area contributed by atoms with E-state index in [1.54, 1.807) is 11.3 Å². The Morgan fingerprint density at radius 3 is 2.64 bits per heavy atom. The third-order valence-corrected chi connectivity index (χ3v) is 3.45. The van der Waals surface area contributed by atoms with Crippen LogP contribution in [0.5, 0.6) is 0 Å². The number of nitrogens with one attached hydrogen (secondary N) is 1. The molecule has 1 aromatic heterocycles. The highest BCUT2D eigenvalue weighted by atomic mass is 32.1. The van der Waals surface area contributed by atoms with E-state index in [1.165, 1.54) is 22.7 Å². The third kappa shape index (κ3) is 3.76. The summed E-state index contributed by atoms with van der Waals surface area (Å²) < 4.78 is 0. The van der Waals surface area contributed by atoms with Gasteiger partial charge >= 0.3 is 0 Å². The number of aromatic nitrogens is 1. The van der Waals surface area contributed by atoms with Gasteiger partial charge in [0.15, 0.2) is 0 Å². The molecule has 0 aliphatic rings. The highest BCUT2D eigenvalue weighted by molar-refractivity contribution is 7.11. The molecule has 2 nitrogen and oxygen atoms in total. The summed E-state index contributed by atoms with van der Waals surface area (Å²) >= 11 is 1.78. The normalized spacial score (nSPS) is 11.1. The third-order valence-electron chi connectivity index (χ3n) is 2.53. The largest absolute Gasteiger partial charge is 0.310 e. The summed E-state index contributed by atoms with van der Waals surface area (Å²) in [4.78, 5) is 5.62. The summed E-state index contributed by atoms with van der Waals surface area (Å²) in [7, 11) is 0. The van der Waals surface area contributed by atoms with Crippen molar-refractivity contribution in [3.63, 3.8) is 0 Å². The maximum absolute atomic E-state index is 4.32. The molecule has 3 heteroatoms. The summed E-state index contributed by atoms with van der Waals surface area (Å²) in [5.74, 6) is 0.816. The van der Waals surface area contributed by atoms with E-state index in [0.29, 0.717) is 0 Å². The number of thiazole rings is 1. The second-order valence-corrected chi connectivity index (χ2v) is 5.00. The lowest BCUT2D eigenvalue weighted by Crippen LogP contribution is -2.21. The summed E-state index contributed by atoms with van der Waals surface area (Å²) in [6.45, 7) is 8.65. The van der Waals surface area contributed by atoms with Crippen molar-refractivity contribution in [2.24, 2.45) is 5.92 Å². The SMILES string of the molecule is CCC(CC)CNCc1ncc(C)s1. The van der Waals surface area contributed by atoms with Crippen molar-refractivity contribution < 1.29 is 0 Å². The lowest BCUT2D eigenvalue weighted by Gasteiger charge is -2.11. The zero-order valence-corrected chi connectivity index (χ0v) is 10.2. The average molecular weight is 212 g/mol. The van der Waals surface area contributed by atoms with Gasteiger partial charge in [0.05, 0.1) is 0 Å². The first-order valence-electron chi connectivity index (χ1n) is 5.38. The molecular formula is C11H20N2S. The summed E-state index contributed by atoms with van der Waals surface area (Å²) in [6.07, 6.45) is 4.47. The van der Waals surface area contributed by atoms with Crippen LogP contribution in [0.3, 0.4) is 0 Å². The summed E-state index contributed by atoms with van der Waals surface area (Å²) in [5.41, 5.74) is 0. The van der Waals surface area contributed by atoms with E-state index < -0.39 is 0 Å². The van der Waals surface area contributed by atoms with Crippen LogP contribution < -0.4 is 5.32 Å². The highest BCUT2D eigenvalue weighted by Crippen LogP contribution is 2.11. The van der Waals surface area contributed by atoms with Gasteiger partial charge in [-0.05, 0) is 19.4 Å². The second-order valence-electron chi connectivity index (χ2n) is 3.68. The Morgan fingerprint density at radius 1 is 1.43 bits per heavy atom. The average Bonchev–Trinajstić information content (AvgIpc) is 2.59. The minimum absolute atomic E-state index is 0.816. The van der Waals surface area contributed by atoms with Gasteiger partial charge in [-0.1, -0.05) is 26.7 Å². The molecular weight excluding hydrogens is 192 g/mol. The number of hydrogen-bond acceptors (Lipinski definition) is 3. The first-order chi connectivity index (χ1) is 6.76. The van der Waals surface area contributed by atoms with Crippen molar-refractivity contribution in [2.45, 2.75) is 40.2 Å². The highest BCUT2D eigenvalue weighted by Gasteiger charge is 2.03. The molecule has 0 bridgehead atoms. The van der Waals surface area contributed by atoms with E-state index in [0.717, 1.165) is 19.0 Å². The van der Waals surface area contributed by atoms with E-state index in [1.807, 2.05) is 6.20 Å². The van der Waals surface area contributed by atoms with Gasteiger partial charge in [-0.15, -0.1) is 11.3 Å². The zero-order chi connectivity index (χ0) is 10.4. The van der Waals surface area contributed by atoms with Crippen LogP contribution in [0, 0.1) is 12.8 Å². The molecule has 0 aliphatic heterocycles. The maximum atomic E-state index is 4.32. The van der Waals surface area contributed by atoms with Crippen LogP contribution in [0.4, 0.5) is 0 Å². The second kappa shape index (κ2) is 6.14. The summed E-state index contributed by atoms with van der Waals surface area (Å²) in [5, 5.41) is 4.67. The predicted molar refractivity (Wildman–Crippen MR) is 62.6 cm³/mol. The van der Waals surface area contributed by atoms with E-state index in [-0.39, 0.29) is 0 Å². The van der Waals surface area contributed by atoms with Crippen molar-refractivity contribution in [1.82, 2.24) is 10.3 Å². The van der Waals surface area contributed by atoms with Crippen LogP contribution in [-0.4, -0.2) is 11.5 Å². The van der Waals surface area contributed by atoms with Crippen molar-refractivity contribution in [1.29, 1.82) is 0 Å². The van der Waals surface area contributed by atoms with Gasteiger partial charge in [0, 0.05) is 17.6 Å². The van der Waals surface area contributed by atoms with Crippen molar-refractivity contribution in [2.75, 3.05) is 6.54 Å². The fourth-order valence-electron chi connectivity index (χ4n) is 1.44. The fraction of sp³-hybridized carbons (Fsp3) is 0.727. The number of aryl methyl sites for hydroxylation is 1. The van der Waals surface area contributed by atoms with Gasteiger partial charge in [0.25, 0.3) is 0 Å². The fourth-order valence-corrected chi connectivity index (χ4v) is 2.20. The molecule has 0 fully saturated rings. The quantitative estimate of drug-likeness (QED) is 0.784. The number of nitrogens with zero attached hydrogens (tertiary/aromatic N) is 1. The molecule has 0 spiro atoms. The Morgan fingerprint density at radius 2 is 2.14 bits per heavy atom. The van der Waals surface area contributed by atoms with Crippen molar-refractivity contribution >= 4 is 11.3 Å². The first-order valence-corrected chi connectivity index (χ1v) is 6.19. The number of rotatable bonds is 6. The summed E-state index contributed by atoms with van der Waals surface area (Å²) in [6, 6.07) is 0. The zero-order valence-electron chi connectivity index (χ0n) is 9.34. The lowest BCUT2D eigenvalue weighted by molar-refractivity contribution is 0.449. The Labute approximate surface area is 90.8 Å². The van der Waals surface area contributed by atoms with Crippen molar-refractivity contribution in [3.8, 4) is 0 Å². The van der Waals surface area contributed by atoms with Gasteiger partial charge < -0.3 is 5.32 Å². The van der Waals surface area contributed by atoms with Gasteiger partial charge in [-0.25, -0.2) is 4.98 Å². The van der Waals surface area contributed by atoms with Crippen LogP contribution in [0.25, 0.3) is 0 Å². The molecule has 1 aromatic rings. The molecule has 0 saturated heterocycles. The van der Waals surface area contributed by atoms with Crippen LogP contribution in [0.15, 0.2) is 6.20 Å². The Bertz CT molecular complexity index is 254. The van der Waals surface area contributed by atoms with Crippen LogP contribution in [-0.2, 0) is 6.54 Å². The minimum atomic E-state index is 0.816. The molecule has 0 unspecified atom stereocenters. The molecule has 0 aliphatic carbocycles. The molecule has 80 valence electrons. The van der Waals surface area contributed by atoms with Crippen LogP contribution >= 0.6 is 11.3 Å². The Kier molecular flexibility index (Phi) is 5.12.